The molecule has 1 fully saturated rings. The molecule has 6 nitrogen and oxygen atoms in total. The molecule has 1 aliphatic heterocycles. The molecule has 1 saturated heterocycles. The maximum atomic E-state index is 12.2. The van der Waals surface area contributed by atoms with Crippen molar-refractivity contribution in [3.05, 3.63) is 0 Å². The number of amides is 1. The average Bonchev–Trinajstić information content (AvgIpc) is 2.38. The second-order valence-electron chi connectivity index (χ2n) is 4.83. The summed E-state index contributed by atoms with van der Waals surface area (Å²) in [5, 5.41) is 17.2. The van der Waals surface area contributed by atoms with E-state index in [-0.39, 0.29) is 11.9 Å². The summed E-state index contributed by atoms with van der Waals surface area (Å²) in [5.41, 5.74) is 5.88. The van der Waals surface area contributed by atoms with Gasteiger partial charge in [-0.3, -0.25) is 9.69 Å². The first-order valence-electron chi connectivity index (χ1n) is 6.67. The first-order valence-corrected chi connectivity index (χ1v) is 6.67. The van der Waals surface area contributed by atoms with Crippen molar-refractivity contribution in [1.29, 1.82) is 10.5 Å². The summed E-state index contributed by atoms with van der Waals surface area (Å²) in [6, 6.07) is 4.21. The van der Waals surface area contributed by atoms with Crippen LogP contribution in [0.25, 0.3) is 0 Å². The number of hydrogen-bond acceptors (Lipinski definition) is 5. The molecule has 104 valence electrons. The van der Waals surface area contributed by atoms with Crippen molar-refractivity contribution in [2.45, 2.75) is 31.7 Å². The van der Waals surface area contributed by atoms with Crippen LogP contribution in [0.2, 0.25) is 0 Å². The summed E-state index contributed by atoms with van der Waals surface area (Å²) in [7, 11) is 0. The lowest BCUT2D eigenvalue weighted by Crippen LogP contribution is -2.48. The predicted octanol–water partition coefficient (Wildman–Crippen LogP) is 0.0655. The minimum atomic E-state index is -0.0143. The molecule has 2 N–H and O–H groups in total. The molecule has 0 aromatic rings. The molecule has 6 heteroatoms. The molecular formula is C13H21N5O. The minimum absolute atomic E-state index is 0.0143. The van der Waals surface area contributed by atoms with Gasteiger partial charge in [-0.2, -0.15) is 10.5 Å². The van der Waals surface area contributed by atoms with E-state index in [0.717, 1.165) is 25.9 Å². The number of nitrogens with two attached hydrogens (primary N) is 1. The number of piperidine rings is 1. The van der Waals surface area contributed by atoms with E-state index in [4.69, 9.17) is 16.3 Å². The van der Waals surface area contributed by atoms with Crippen LogP contribution in [0.1, 0.15) is 25.7 Å². The van der Waals surface area contributed by atoms with Crippen LogP contribution in [0.4, 0.5) is 0 Å². The Kier molecular flexibility index (Phi) is 6.88. The van der Waals surface area contributed by atoms with Crippen molar-refractivity contribution in [1.82, 2.24) is 9.80 Å². The lowest BCUT2D eigenvalue weighted by molar-refractivity contribution is -0.132. The van der Waals surface area contributed by atoms with Gasteiger partial charge >= 0.3 is 0 Å². The van der Waals surface area contributed by atoms with Gasteiger partial charge in [-0.25, -0.2) is 0 Å². The SMILES string of the molecule is N#CCCN(CCC#N)C(=O)CN1CCC[C@@H](N)C1. The summed E-state index contributed by atoms with van der Waals surface area (Å²) < 4.78 is 0. The van der Waals surface area contributed by atoms with Gasteiger partial charge in [0.15, 0.2) is 0 Å². The third-order valence-electron chi connectivity index (χ3n) is 3.24. The number of nitriles is 2. The molecule has 0 aliphatic carbocycles. The van der Waals surface area contributed by atoms with Gasteiger partial charge < -0.3 is 10.6 Å². The van der Waals surface area contributed by atoms with Crippen molar-refractivity contribution in [3.8, 4) is 12.1 Å². The van der Waals surface area contributed by atoms with Crippen LogP contribution in [-0.4, -0.2) is 54.5 Å². The summed E-state index contributed by atoms with van der Waals surface area (Å²) in [4.78, 5) is 15.8. The number of rotatable bonds is 6. The second kappa shape index (κ2) is 8.47. The average molecular weight is 263 g/mol. The monoisotopic (exact) mass is 263 g/mol. The van der Waals surface area contributed by atoms with Crippen molar-refractivity contribution in [3.63, 3.8) is 0 Å². The topological polar surface area (TPSA) is 97.1 Å². The molecule has 0 spiro atoms. The zero-order valence-corrected chi connectivity index (χ0v) is 11.2. The lowest BCUT2D eigenvalue weighted by Gasteiger charge is -2.32. The Morgan fingerprint density at radius 3 is 2.47 bits per heavy atom. The van der Waals surface area contributed by atoms with E-state index in [2.05, 4.69) is 4.90 Å². The minimum Gasteiger partial charge on any atom is -0.340 e. The van der Waals surface area contributed by atoms with Crippen molar-refractivity contribution in [2.24, 2.45) is 5.73 Å². The van der Waals surface area contributed by atoms with E-state index < -0.39 is 0 Å². The second-order valence-corrected chi connectivity index (χ2v) is 4.83. The first-order chi connectivity index (χ1) is 9.17. The molecule has 0 bridgehead atoms. The normalized spacial score (nSPS) is 19.4. The number of nitrogens with zero attached hydrogens (tertiary/aromatic N) is 4. The maximum Gasteiger partial charge on any atom is 0.236 e. The zero-order valence-electron chi connectivity index (χ0n) is 11.2. The Labute approximate surface area is 114 Å². The standard InChI is InChI=1S/C13H21N5O/c14-5-2-8-18(9-3-6-15)13(19)11-17-7-1-4-12(16)10-17/h12H,1-4,7-11,16H2/t12-/m1/s1. The van der Waals surface area contributed by atoms with Crippen LogP contribution in [0.15, 0.2) is 0 Å². The summed E-state index contributed by atoms with van der Waals surface area (Å²) >= 11 is 0. The third-order valence-corrected chi connectivity index (χ3v) is 3.24. The lowest BCUT2D eigenvalue weighted by atomic mass is 10.1. The number of carbonyl (C=O) groups is 1. The first kappa shape index (κ1) is 15.4. The van der Waals surface area contributed by atoms with E-state index >= 15 is 0 Å². The van der Waals surface area contributed by atoms with Crippen molar-refractivity contribution in [2.75, 3.05) is 32.7 Å². The fourth-order valence-electron chi connectivity index (χ4n) is 2.26. The van der Waals surface area contributed by atoms with Crippen LogP contribution in [0.5, 0.6) is 0 Å². The van der Waals surface area contributed by atoms with Gasteiger partial charge in [0.05, 0.1) is 31.5 Å². The van der Waals surface area contributed by atoms with Crippen LogP contribution < -0.4 is 5.73 Å². The van der Waals surface area contributed by atoms with Gasteiger partial charge in [0, 0.05) is 25.7 Å². The summed E-state index contributed by atoms with van der Waals surface area (Å²) in [6.45, 7) is 2.78. The fraction of sp³-hybridized carbons (Fsp3) is 0.769. The van der Waals surface area contributed by atoms with Gasteiger partial charge in [-0.1, -0.05) is 0 Å². The molecule has 0 aromatic carbocycles. The highest BCUT2D eigenvalue weighted by atomic mass is 16.2. The summed E-state index contributed by atoms with van der Waals surface area (Å²) in [5.74, 6) is -0.0143. The predicted molar refractivity (Wildman–Crippen MR) is 70.7 cm³/mol. The highest BCUT2D eigenvalue weighted by molar-refractivity contribution is 5.78. The van der Waals surface area contributed by atoms with Gasteiger partial charge in [0.1, 0.15) is 0 Å². The van der Waals surface area contributed by atoms with E-state index in [1.54, 1.807) is 4.90 Å². The highest BCUT2D eigenvalue weighted by Crippen LogP contribution is 2.08. The molecule has 0 aromatic heterocycles. The van der Waals surface area contributed by atoms with E-state index in [1.165, 1.54) is 0 Å². The Bertz CT molecular complexity index is 352. The zero-order chi connectivity index (χ0) is 14.1. The van der Waals surface area contributed by atoms with Crippen LogP contribution in [0, 0.1) is 22.7 Å². The number of hydrogen-bond donors (Lipinski definition) is 1. The van der Waals surface area contributed by atoms with Crippen LogP contribution in [0.3, 0.4) is 0 Å². The fourth-order valence-corrected chi connectivity index (χ4v) is 2.26. The Balaban J connectivity index is 2.46. The Morgan fingerprint density at radius 1 is 1.32 bits per heavy atom. The molecule has 19 heavy (non-hydrogen) atoms. The molecular weight excluding hydrogens is 242 g/mol. The van der Waals surface area contributed by atoms with E-state index in [0.29, 0.717) is 32.5 Å². The molecule has 1 aliphatic rings. The van der Waals surface area contributed by atoms with E-state index in [1.807, 2.05) is 12.1 Å². The summed E-state index contributed by atoms with van der Waals surface area (Å²) in [6.07, 6.45) is 2.63. The maximum absolute atomic E-state index is 12.2. The van der Waals surface area contributed by atoms with Crippen LogP contribution in [-0.2, 0) is 4.79 Å². The highest BCUT2D eigenvalue weighted by Gasteiger charge is 2.21. The Hall–Kier alpha value is -1.63. The van der Waals surface area contributed by atoms with Crippen molar-refractivity contribution < 1.29 is 4.79 Å². The van der Waals surface area contributed by atoms with Gasteiger partial charge in [0.2, 0.25) is 5.91 Å². The third kappa shape index (κ3) is 5.69. The number of carbonyl (C=O) groups excluding carboxylic acids is 1. The molecule has 1 amide bonds. The van der Waals surface area contributed by atoms with Crippen LogP contribution >= 0.6 is 0 Å². The number of likely N-dealkylation sites (tertiary alicyclic amines) is 1. The quantitative estimate of drug-likeness (QED) is 0.731. The van der Waals surface area contributed by atoms with E-state index in [9.17, 15) is 4.79 Å². The van der Waals surface area contributed by atoms with Gasteiger partial charge in [-0.15, -0.1) is 0 Å². The molecule has 0 saturated carbocycles. The van der Waals surface area contributed by atoms with Crippen molar-refractivity contribution >= 4 is 5.91 Å². The molecule has 0 unspecified atom stereocenters. The molecule has 1 atom stereocenters. The molecule has 1 heterocycles. The van der Waals surface area contributed by atoms with Gasteiger partial charge in [-0.05, 0) is 19.4 Å². The molecule has 1 rings (SSSR count). The smallest absolute Gasteiger partial charge is 0.236 e. The van der Waals surface area contributed by atoms with Gasteiger partial charge in [0.25, 0.3) is 0 Å². The molecule has 0 radical (unpaired) electrons. The largest absolute Gasteiger partial charge is 0.340 e. The Morgan fingerprint density at radius 2 is 1.95 bits per heavy atom.